The van der Waals surface area contributed by atoms with Crippen LogP contribution in [0.3, 0.4) is 0 Å². The molecule has 0 spiro atoms. The van der Waals surface area contributed by atoms with Gasteiger partial charge in [0.15, 0.2) is 0 Å². The van der Waals surface area contributed by atoms with Gasteiger partial charge < -0.3 is 15.4 Å². The van der Waals surface area contributed by atoms with Crippen molar-refractivity contribution in [2.24, 2.45) is 11.7 Å². The van der Waals surface area contributed by atoms with Crippen molar-refractivity contribution < 1.29 is 4.74 Å². The van der Waals surface area contributed by atoms with Crippen molar-refractivity contribution in [2.75, 3.05) is 19.6 Å². The van der Waals surface area contributed by atoms with Gasteiger partial charge in [0.05, 0.1) is 5.56 Å². The first-order chi connectivity index (χ1) is 12.1. The predicted molar refractivity (Wildman–Crippen MR) is 108 cm³/mol. The van der Waals surface area contributed by atoms with E-state index in [1.54, 1.807) is 18.2 Å². The highest BCUT2D eigenvalue weighted by atomic mass is 35.5. The van der Waals surface area contributed by atoms with Gasteiger partial charge in [-0.05, 0) is 75.6 Å². The van der Waals surface area contributed by atoms with E-state index in [4.69, 9.17) is 22.1 Å². The number of ether oxygens (including phenoxy) is 1. The first-order valence-electron chi connectivity index (χ1n) is 9.48. The van der Waals surface area contributed by atoms with Crippen LogP contribution >= 0.6 is 24.0 Å². The minimum atomic E-state index is 0. The largest absolute Gasteiger partial charge is 0.489 e. The number of halogens is 2. The van der Waals surface area contributed by atoms with Crippen LogP contribution in [0, 0.1) is 17.2 Å². The van der Waals surface area contributed by atoms with Crippen LogP contribution in [0.25, 0.3) is 0 Å². The molecular formula is C20H29Cl2N3O. The number of nitriles is 1. The molecule has 0 atom stereocenters. The zero-order valence-electron chi connectivity index (χ0n) is 15.2. The third-order valence-electron chi connectivity index (χ3n) is 5.64. The van der Waals surface area contributed by atoms with Crippen molar-refractivity contribution in [1.29, 1.82) is 5.26 Å². The third kappa shape index (κ3) is 6.03. The summed E-state index contributed by atoms with van der Waals surface area (Å²) in [5.74, 6) is 1.52. The number of hydrogen-bond acceptors (Lipinski definition) is 4. The molecular weight excluding hydrogens is 369 g/mol. The minimum Gasteiger partial charge on any atom is -0.489 e. The number of piperidine rings is 1. The maximum absolute atomic E-state index is 9.22. The van der Waals surface area contributed by atoms with Crippen molar-refractivity contribution in [3.05, 3.63) is 28.8 Å². The summed E-state index contributed by atoms with van der Waals surface area (Å²) in [6.45, 7) is 3.34. The smallest absolute Gasteiger partial charge is 0.137 e. The molecule has 0 aromatic heterocycles. The van der Waals surface area contributed by atoms with Crippen molar-refractivity contribution in [3.8, 4) is 11.8 Å². The van der Waals surface area contributed by atoms with E-state index in [9.17, 15) is 5.26 Å². The zero-order valence-corrected chi connectivity index (χ0v) is 16.8. The van der Waals surface area contributed by atoms with Crippen molar-refractivity contribution in [2.45, 2.75) is 57.1 Å². The fraction of sp³-hybridized carbons (Fsp3) is 0.650. The van der Waals surface area contributed by atoms with Gasteiger partial charge in [0.25, 0.3) is 0 Å². The Kier molecular flexibility index (Phi) is 8.50. The van der Waals surface area contributed by atoms with E-state index >= 15 is 0 Å². The molecule has 1 aliphatic heterocycles. The molecule has 1 saturated heterocycles. The fourth-order valence-electron chi connectivity index (χ4n) is 3.96. The average Bonchev–Trinajstić information content (AvgIpc) is 2.64. The molecule has 0 bridgehead atoms. The molecule has 1 heterocycles. The van der Waals surface area contributed by atoms with Crippen LogP contribution < -0.4 is 10.5 Å². The number of hydrogen-bond donors (Lipinski definition) is 1. The molecule has 1 aromatic carbocycles. The third-order valence-corrected chi connectivity index (χ3v) is 5.87. The molecule has 3 rings (SSSR count). The van der Waals surface area contributed by atoms with E-state index in [1.807, 2.05) is 0 Å². The molecule has 6 heteroatoms. The van der Waals surface area contributed by atoms with Crippen molar-refractivity contribution in [1.82, 2.24) is 4.90 Å². The fourth-order valence-corrected chi connectivity index (χ4v) is 4.14. The molecule has 4 nitrogen and oxygen atoms in total. The van der Waals surface area contributed by atoms with Crippen LogP contribution in [0.4, 0.5) is 0 Å². The van der Waals surface area contributed by atoms with Crippen LogP contribution in [-0.4, -0.2) is 36.7 Å². The molecule has 1 aromatic rings. The molecule has 2 fully saturated rings. The highest BCUT2D eigenvalue weighted by Crippen LogP contribution is 2.28. The Hall–Kier alpha value is -0.990. The van der Waals surface area contributed by atoms with E-state index in [0.29, 0.717) is 22.4 Å². The van der Waals surface area contributed by atoms with E-state index in [1.165, 1.54) is 38.6 Å². The van der Waals surface area contributed by atoms with Gasteiger partial charge in [-0.25, -0.2) is 0 Å². The SMILES string of the molecule is Cl.N#Cc1cc(Cl)ccc1OC1CCN(CC[C@H]2CC[C@H](N)CC2)CC1. The summed E-state index contributed by atoms with van der Waals surface area (Å²) in [6, 6.07) is 7.86. The van der Waals surface area contributed by atoms with E-state index < -0.39 is 0 Å². The lowest BCUT2D eigenvalue weighted by Gasteiger charge is -2.34. The first-order valence-corrected chi connectivity index (χ1v) is 9.86. The second kappa shape index (κ2) is 10.4. The molecule has 0 radical (unpaired) electrons. The molecule has 2 N–H and O–H groups in total. The predicted octanol–water partition coefficient (Wildman–Crippen LogP) is 4.38. The van der Waals surface area contributed by atoms with Gasteiger partial charge in [0.2, 0.25) is 0 Å². The standard InChI is InChI=1S/C20H28ClN3O.ClH/c21-17-3-6-20(16(13-17)14-22)25-19-8-11-24(12-9-19)10-7-15-1-4-18(23)5-2-15;/h3,6,13,15,18-19H,1-2,4-5,7-12,23H2;1H/t15-,18-;. The molecule has 26 heavy (non-hydrogen) atoms. The summed E-state index contributed by atoms with van der Waals surface area (Å²) in [6.07, 6.45) is 8.52. The Bertz CT molecular complexity index is 604. The number of nitrogens with two attached hydrogens (primary N) is 1. The lowest BCUT2D eigenvalue weighted by Crippen LogP contribution is -2.39. The summed E-state index contributed by atoms with van der Waals surface area (Å²) in [5, 5.41) is 9.79. The number of likely N-dealkylation sites (tertiary alicyclic amines) is 1. The van der Waals surface area contributed by atoms with Crippen LogP contribution in [0.15, 0.2) is 18.2 Å². The summed E-state index contributed by atoms with van der Waals surface area (Å²) in [4.78, 5) is 2.56. The van der Waals surface area contributed by atoms with Gasteiger partial charge in [0.1, 0.15) is 17.9 Å². The van der Waals surface area contributed by atoms with E-state index in [0.717, 1.165) is 31.8 Å². The molecule has 0 amide bonds. The Morgan fingerprint density at radius 2 is 1.85 bits per heavy atom. The first kappa shape index (κ1) is 21.3. The summed E-state index contributed by atoms with van der Waals surface area (Å²) in [5.41, 5.74) is 6.51. The van der Waals surface area contributed by atoms with Crippen LogP contribution in [-0.2, 0) is 0 Å². The quantitative estimate of drug-likeness (QED) is 0.799. The average molecular weight is 398 g/mol. The monoisotopic (exact) mass is 397 g/mol. The summed E-state index contributed by atoms with van der Waals surface area (Å²) < 4.78 is 6.07. The molecule has 1 saturated carbocycles. The van der Waals surface area contributed by atoms with Crippen molar-refractivity contribution >= 4 is 24.0 Å². The highest BCUT2D eigenvalue weighted by molar-refractivity contribution is 6.30. The molecule has 144 valence electrons. The van der Waals surface area contributed by atoms with E-state index in [-0.39, 0.29) is 18.5 Å². The second-order valence-corrected chi connectivity index (χ2v) is 7.92. The van der Waals surface area contributed by atoms with Gasteiger partial charge in [-0.15, -0.1) is 12.4 Å². The maximum Gasteiger partial charge on any atom is 0.137 e. The zero-order chi connectivity index (χ0) is 17.6. The van der Waals surface area contributed by atoms with Crippen molar-refractivity contribution in [3.63, 3.8) is 0 Å². The van der Waals surface area contributed by atoms with Crippen LogP contribution in [0.5, 0.6) is 5.75 Å². The van der Waals surface area contributed by atoms with Gasteiger partial charge in [-0.1, -0.05) is 11.6 Å². The molecule has 0 unspecified atom stereocenters. The van der Waals surface area contributed by atoms with Gasteiger partial charge in [-0.2, -0.15) is 5.26 Å². The Balaban J connectivity index is 0.00000243. The number of nitrogens with zero attached hydrogens (tertiary/aromatic N) is 2. The Morgan fingerprint density at radius 1 is 1.15 bits per heavy atom. The number of benzene rings is 1. The highest BCUT2D eigenvalue weighted by Gasteiger charge is 2.23. The topological polar surface area (TPSA) is 62.3 Å². The van der Waals surface area contributed by atoms with Crippen LogP contribution in [0.2, 0.25) is 5.02 Å². The molecule has 2 aliphatic rings. The summed E-state index contributed by atoms with van der Waals surface area (Å²) in [7, 11) is 0. The number of rotatable bonds is 5. The van der Waals surface area contributed by atoms with Gasteiger partial charge in [0, 0.05) is 24.2 Å². The van der Waals surface area contributed by atoms with Crippen LogP contribution in [0.1, 0.15) is 50.5 Å². The van der Waals surface area contributed by atoms with E-state index in [2.05, 4.69) is 11.0 Å². The maximum atomic E-state index is 9.22. The molecule has 1 aliphatic carbocycles. The Labute approximate surface area is 168 Å². The Morgan fingerprint density at radius 3 is 2.50 bits per heavy atom. The second-order valence-electron chi connectivity index (χ2n) is 7.48. The minimum absolute atomic E-state index is 0. The van der Waals surface area contributed by atoms with Gasteiger partial charge >= 0.3 is 0 Å². The summed E-state index contributed by atoms with van der Waals surface area (Å²) >= 11 is 5.94. The van der Waals surface area contributed by atoms with Gasteiger partial charge in [-0.3, -0.25) is 0 Å². The lowest BCUT2D eigenvalue weighted by molar-refractivity contribution is 0.0950. The lowest BCUT2D eigenvalue weighted by atomic mass is 9.84. The normalized spacial score (nSPS) is 24.5.